The molecule has 0 aromatic rings. The maximum absolute atomic E-state index is 11.3. The van der Waals surface area contributed by atoms with E-state index < -0.39 is 10.2 Å². The Morgan fingerprint density at radius 3 is 2.60 bits per heavy atom. The molecule has 1 spiro atoms. The molecule has 15 heavy (non-hydrogen) atoms. The van der Waals surface area contributed by atoms with Crippen molar-refractivity contribution in [1.29, 1.82) is 0 Å². The van der Waals surface area contributed by atoms with E-state index in [0.717, 1.165) is 38.8 Å². The third-order valence-corrected chi connectivity index (χ3v) is 4.58. The summed E-state index contributed by atoms with van der Waals surface area (Å²) in [7, 11) is -3.50. The zero-order chi connectivity index (χ0) is 10.9. The van der Waals surface area contributed by atoms with Crippen LogP contribution in [0.2, 0.25) is 0 Å². The van der Waals surface area contributed by atoms with Crippen LogP contribution in [0.15, 0.2) is 0 Å². The number of hydrogen-bond donors (Lipinski definition) is 2. The first-order valence-corrected chi connectivity index (χ1v) is 7.01. The highest BCUT2D eigenvalue weighted by atomic mass is 32.2. The van der Waals surface area contributed by atoms with Crippen molar-refractivity contribution in [3.8, 4) is 0 Å². The maximum atomic E-state index is 11.3. The van der Waals surface area contributed by atoms with Crippen molar-refractivity contribution < 1.29 is 8.42 Å². The molecule has 0 bridgehead atoms. The van der Waals surface area contributed by atoms with E-state index in [2.05, 4.69) is 5.32 Å². The topological polar surface area (TPSA) is 75.4 Å². The monoisotopic (exact) mass is 233 g/mol. The van der Waals surface area contributed by atoms with Gasteiger partial charge in [0.2, 0.25) is 0 Å². The van der Waals surface area contributed by atoms with Gasteiger partial charge in [0, 0.05) is 19.6 Å². The van der Waals surface area contributed by atoms with Crippen LogP contribution in [0.25, 0.3) is 0 Å². The molecule has 0 aromatic carbocycles. The summed E-state index contributed by atoms with van der Waals surface area (Å²) in [4.78, 5) is 0. The molecule has 0 saturated carbocycles. The normalized spacial score (nSPS) is 34.5. The van der Waals surface area contributed by atoms with Crippen LogP contribution in [-0.2, 0) is 10.2 Å². The zero-order valence-corrected chi connectivity index (χ0v) is 9.72. The fraction of sp³-hybridized carbons (Fsp3) is 1.00. The number of rotatable bonds is 1. The molecule has 2 aliphatic rings. The van der Waals surface area contributed by atoms with Crippen LogP contribution in [0.4, 0.5) is 0 Å². The number of nitrogens with zero attached hydrogens (tertiary/aromatic N) is 1. The van der Waals surface area contributed by atoms with Crippen LogP contribution in [-0.4, -0.2) is 38.9 Å². The summed E-state index contributed by atoms with van der Waals surface area (Å²) in [6.07, 6.45) is 4.30. The molecule has 1 unspecified atom stereocenters. The quantitative estimate of drug-likeness (QED) is 0.650. The Bertz CT molecular complexity index is 317. The second kappa shape index (κ2) is 4.01. The molecule has 88 valence electrons. The van der Waals surface area contributed by atoms with E-state index in [-0.39, 0.29) is 5.41 Å². The van der Waals surface area contributed by atoms with Crippen LogP contribution in [0.1, 0.15) is 25.7 Å². The third kappa shape index (κ3) is 2.50. The highest BCUT2D eigenvalue weighted by molar-refractivity contribution is 7.86. The van der Waals surface area contributed by atoms with Crippen molar-refractivity contribution in [2.24, 2.45) is 10.6 Å². The fourth-order valence-corrected chi connectivity index (χ4v) is 3.60. The van der Waals surface area contributed by atoms with Crippen LogP contribution in [0.3, 0.4) is 0 Å². The van der Waals surface area contributed by atoms with Crippen molar-refractivity contribution in [2.45, 2.75) is 25.7 Å². The lowest BCUT2D eigenvalue weighted by Crippen LogP contribution is -2.53. The van der Waals surface area contributed by atoms with Crippen molar-refractivity contribution in [1.82, 2.24) is 9.62 Å². The van der Waals surface area contributed by atoms with E-state index in [1.165, 1.54) is 4.31 Å². The van der Waals surface area contributed by atoms with E-state index >= 15 is 0 Å². The minimum atomic E-state index is -3.50. The number of piperidine rings is 2. The Morgan fingerprint density at radius 2 is 2.00 bits per heavy atom. The van der Waals surface area contributed by atoms with E-state index in [1.54, 1.807) is 0 Å². The predicted octanol–water partition coefficient (Wildman–Crippen LogP) is -0.344. The van der Waals surface area contributed by atoms with Gasteiger partial charge in [-0.1, -0.05) is 0 Å². The summed E-state index contributed by atoms with van der Waals surface area (Å²) in [6, 6.07) is 0. The lowest BCUT2D eigenvalue weighted by Gasteiger charge is -2.44. The summed E-state index contributed by atoms with van der Waals surface area (Å²) in [5.41, 5.74) is 0.142. The zero-order valence-electron chi connectivity index (χ0n) is 8.91. The van der Waals surface area contributed by atoms with Gasteiger partial charge in [-0.25, -0.2) is 5.14 Å². The minimum Gasteiger partial charge on any atom is -0.316 e. The van der Waals surface area contributed by atoms with Gasteiger partial charge in [-0.2, -0.15) is 12.7 Å². The maximum Gasteiger partial charge on any atom is 0.276 e. The molecule has 3 N–H and O–H groups in total. The summed E-state index contributed by atoms with van der Waals surface area (Å²) < 4.78 is 24.0. The van der Waals surface area contributed by atoms with Crippen LogP contribution < -0.4 is 10.5 Å². The van der Waals surface area contributed by atoms with Gasteiger partial charge in [0.15, 0.2) is 0 Å². The smallest absolute Gasteiger partial charge is 0.276 e. The van der Waals surface area contributed by atoms with Crippen molar-refractivity contribution in [3.63, 3.8) is 0 Å². The van der Waals surface area contributed by atoms with Gasteiger partial charge in [-0.05, 0) is 37.6 Å². The first-order chi connectivity index (χ1) is 7.02. The van der Waals surface area contributed by atoms with Crippen LogP contribution >= 0.6 is 0 Å². The predicted molar refractivity (Wildman–Crippen MR) is 58.5 cm³/mol. The molecule has 0 aromatic heterocycles. The number of nitrogens with one attached hydrogen (secondary N) is 1. The Labute approximate surface area is 91.2 Å². The molecule has 0 aliphatic carbocycles. The summed E-state index contributed by atoms with van der Waals surface area (Å²) in [5, 5.41) is 8.53. The van der Waals surface area contributed by atoms with E-state index in [1.807, 2.05) is 0 Å². The summed E-state index contributed by atoms with van der Waals surface area (Å²) >= 11 is 0. The average molecular weight is 233 g/mol. The SMILES string of the molecule is NS(=O)(=O)N1CCCC2(CCCNC2)C1. The fourth-order valence-electron chi connectivity index (χ4n) is 2.76. The van der Waals surface area contributed by atoms with Crippen molar-refractivity contribution in [2.75, 3.05) is 26.2 Å². The molecule has 2 saturated heterocycles. The molecular formula is C9H19N3O2S. The minimum absolute atomic E-state index is 0.142. The Kier molecular flexibility index (Phi) is 3.03. The second-order valence-electron chi connectivity index (χ2n) is 4.76. The Balaban J connectivity index is 2.09. The lowest BCUT2D eigenvalue weighted by molar-refractivity contribution is 0.110. The highest BCUT2D eigenvalue weighted by Gasteiger charge is 2.39. The van der Waals surface area contributed by atoms with Gasteiger partial charge in [0.1, 0.15) is 0 Å². The molecule has 2 heterocycles. The van der Waals surface area contributed by atoms with Crippen LogP contribution in [0.5, 0.6) is 0 Å². The molecule has 0 amide bonds. The number of nitrogens with two attached hydrogens (primary N) is 1. The standard InChI is InChI=1S/C9H19N3O2S/c10-15(13,14)12-6-2-4-9(8-12)3-1-5-11-7-9/h11H,1-8H2,(H2,10,13,14). The van der Waals surface area contributed by atoms with Crippen LogP contribution in [0, 0.1) is 5.41 Å². The van der Waals surface area contributed by atoms with Gasteiger partial charge in [0.05, 0.1) is 0 Å². The Hall–Kier alpha value is -0.170. The third-order valence-electron chi connectivity index (χ3n) is 3.55. The molecule has 0 radical (unpaired) electrons. The molecule has 2 fully saturated rings. The first kappa shape index (κ1) is 11.3. The van der Waals surface area contributed by atoms with E-state index in [0.29, 0.717) is 13.1 Å². The van der Waals surface area contributed by atoms with E-state index in [9.17, 15) is 8.42 Å². The molecule has 2 aliphatic heterocycles. The van der Waals surface area contributed by atoms with Gasteiger partial charge in [-0.3, -0.25) is 0 Å². The average Bonchev–Trinajstić information content (AvgIpc) is 2.18. The first-order valence-electron chi connectivity index (χ1n) is 5.51. The Morgan fingerprint density at radius 1 is 1.27 bits per heavy atom. The van der Waals surface area contributed by atoms with Crippen molar-refractivity contribution >= 4 is 10.2 Å². The molecule has 2 rings (SSSR count). The lowest BCUT2D eigenvalue weighted by atomic mass is 9.75. The molecule has 5 nitrogen and oxygen atoms in total. The molecule has 6 heteroatoms. The molecular weight excluding hydrogens is 214 g/mol. The highest BCUT2D eigenvalue weighted by Crippen LogP contribution is 2.36. The second-order valence-corrected chi connectivity index (χ2v) is 6.31. The summed E-state index contributed by atoms with van der Waals surface area (Å²) in [5.74, 6) is 0. The van der Waals surface area contributed by atoms with Gasteiger partial charge < -0.3 is 5.32 Å². The molecule has 1 atom stereocenters. The summed E-state index contributed by atoms with van der Waals surface area (Å²) in [6.45, 7) is 3.16. The van der Waals surface area contributed by atoms with E-state index in [4.69, 9.17) is 5.14 Å². The largest absolute Gasteiger partial charge is 0.316 e. The number of hydrogen-bond acceptors (Lipinski definition) is 3. The van der Waals surface area contributed by atoms with Crippen molar-refractivity contribution in [3.05, 3.63) is 0 Å². The van der Waals surface area contributed by atoms with Gasteiger partial charge in [0.25, 0.3) is 10.2 Å². The van der Waals surface area contributed by atoms with Gasteiger partial charge in [-0.15, -0.1) is 0 Å². The van der Waals surface area contributed by atoms with Gasteiger partial charge >= 0.3 is 0 Å².